The molecule has 1 N–H and O–H groups in total. The first-order valence-corrected chi connectivity index (χ1v) is 8.10. The third-order valence-corrected chi connectivity index (χ3v) is 4.03. The van der Waals surface area contributed by atoms with Crippen LogP contribution >= 0.6 is 11.8 Å². The highest BCUT2D eigenvalue weighted by atomic mass is 32.2. The lowest BCUT2D eigenvalue weighted by Crippen LogP contribution is -2.27. The Kier molecular flexibility index (Phi) is 6.08. The third-order valence-electron chi connectivity index (χ3n) is 2.89. The Morgan fingerprint density at radius 3 is 2.85 bits per heavy atom. The van der Waals surface area contributed by atoms with Crippen LogP contribution in [0.25, 0.3) is 0 Å². The summed E-state index contributed by atoms with van der Waals surface area (Å²) in [5.74, 6) is 3.64. The average Bonchev–Trinajstić information content (AvgIpc) is 2.91. The monoisotopic (exact) mass is 291 g/mol. The van der Waals surface area contributed by atoms with Crippen LogP contribution in [0.4, 0.5) is 0 Å². The molecule has 0 aliphatic rings. The van der Waals surface area contributed by atoms with E-state index in [2.05, 4.69) is 41.4 Å². The van der Waals surface area contributed by atoms with E-state index in [1.165, 1.54) is 5.56 Å². The number of hydrogen-bond donors (Lipinski definition) is 1. The summed E-state index contributed by atoms with van der Waals surface area (Å²) < 4.78 is 5.26. The van der Waals surface area contributed by atoms with Crippen LogP contribution in [0.1, 0.15) is 31.1 Å². The summed E-state index contributed by atoms with van der Waals surface area (Å²) in [5.41, 5.74) is 1.19. The summed E-state index contributed by atoms with van der Waals surface area (Å²) in [6.07, 6.45) is 0.714. The standard InChI is InChI=1S/C15H21N3OS/c1-3-20-11-12(2)16-10-15-17-14(18-19-15)9-13-7-5-4-6-8-13/h4-8,12,16H,3,9-11H2,1-2H3. The van der Waals surface area contributed by atoms with E-state index in [0.717, 1.165) is 17.3 Å². The Balaban J connectivity index is 1.80. The number of aromatic nitrogens is 2. The number of benzene rings is 1. The van der Waals surface area contributed by atoms with E-state index in [-0.39, 0.29) is 0 Å². The number of thioether (sulfide) groups is 1. The van der Waals surface area contributed by atoms with Crippen molar-refractivity contribution in [2.45, 2.75) is 32.9 Å². The lowest BCUT2D eigenvalue weighted by molar-refractivity contribution is 0.358. The van der Waals surface area contributed by atoms with Crippen molar-refractivity contribution < 1.29 is 4.52 Å². The second kappa shape index (κ2) is 8.07. The molecule has 0 saturated carbocycles. The molecule has 0 aliphatic heterocycles. The lowest BCUT2D eigenvalue weighted by atomic mass is 10.1. The molecule has 4 nitrogen and oxygen atoms in total. The highest BCUT2D eigenvalue weighted by Gasteiger charge is 2.08. The normalized spacial score (nSPS) is 12.5. The Bertz CT molecular complexity index is 501. The molecule has 1 atom stereocenters. The number of nitrogens with one attached hydrogen (secondary N) is 1. The van der Waals surface area contributed by atoms with Crippen LogP contribution in [0.15, 0.2) is 34.9 Å². The molecule has 0 bridgehead atoms. The number of hydrogen-bond acceptors (Lipinski definition) is 5. The van der Waals surface area contributed by atoms with Crippen molar-refractivity contribution in [3.05, 3.63) is 47.6 Å². The predicted molar refractivity (Wildman–Crippen MR) is 82.8 cm³/mol. The Labute approximate surface area is 124 Å². The molecule has 1 aromatic carbocycles. The molecule has 0 saturated heterocycles. The first-order chi connectivity index (χ1) is 9.78. The van der Waals surface area contributed by atoms with Gasteiger partial charge in [-0.2, -0.15) is 16.7 Å². The molecule has 0 aliphatic carbocycles. The number of rotatable bonds is 8. The van der Waals surface area contributed by atoms with E-state index < -0.39 is 0 Å². The van der Waals surface area contributed by atoms with Gasteiger partial charge in [-0.25, -0.2) is 0 Å². The van der Waals surface area contributed by atoms with Gasteiger partial charge in [-0.3, -0.25) is 0 Å². The molecular weight excluding hydrogens is 270 g/mol. The van der Waals surface area contributed by atoms with Gasteiger partial charge >= 0.3 is 0 Å². The predicted octanol–water partition coefficient (Wildman–Crippen LogP) is 2.89. The van der Waals surface area contributed by atoms with E-state index in [4.69, 9.17) is 4.52 Å². The van der Waals surface area contributed by atoms with E-state index in [1.807, 2.05) is 30.0 Å². The Morgan fingerprint density at radius 2 is 2.10 bits per heavy atom. The van der Waals surface area contributed by atoms with Crippen molar-refractivity contribution in [2.24, 2.45) is 0 Å². The van der Waals surface area contributed by atoms with Gasteiger partial charge in [-0.15, -0.1) is 0 Å². The molecule has 0 fully saturated rings. The molecular formula is C15H21N3OS. The van der Waals surface area contributed by atoms with E-state index >= 15 is 0 Å². The third kappa shape index (κ3) is 4.98. The Hall–Kier alpha value is -1.33. The molecule has 0 amide bonds. The van der Waals surface area contributed by atoms with Crippen molar-refractivity contribution in [1.82, 2.24) is 15.5 Å². The van der Waals surface area contributed by atoms with Crippen LogP contribution in [0.5, 0.6) is 0 Å². The summed E-state index contributed by atoms with van der Waals surface area (Å²) in [6, 6.07) is 10.6. The van der Waals surface area contributed by atoms with E-state index in [0.29, 0.717) is 24.9 Å². The highest BCUT2D eigenvalue weighted by Crippen LogP contribution is 2.07. The van der Waals surface area contributed by atoms with Gasteiger partial charge in [-0.05, 0) is 18.2 Å². The van der Waals surface area contributed by atoms with Crippen molar-refractivity contribution in [2.75, 3.05) is 11.5 Å². The maximum atomic E-state index is 5.26. The molecule has 5 heteroatoms. The SMILES string of the molecule is CCSCC(C)NCc1nc(Cc2ccccc2)no1. The quantitative estimate of drug-likeness (QED) is 0.810. The fourth-order valence-electron chi connectivity index (χ4n) is 1.83. The summed E-state index contributed by atoms with van der Waals surface area (Å²) in [4.78, 5) is 4.41. The summed E-state index contributed by atoms with van der Waals surface area (Å²) in [6.45, 7) is 4.97. The van der Waals surface area contributed by atoms with Gasteiger partial charge in [-0.1, -0.05) is 42.4 Å². The zero-order valence-electron chi connectivity index (χ0n) is 12.0. The topological polar surface area (TPSA) is 51.0 Å². The van der Waals surface area contributed by atoms with Gasteiger partial charge in [0.15, 0.2) is 5.82 Å². The minimum absolute atomic E-state index is 0.449. The average molecular weight is 291 g/mol. The minimum Gasteiger partial charge on any atom is -0.338 e. The van der Waals surface area contributed by atoms with Gasteiger partial charge < -0.3 is 9.84 Å². The first-order valence-electron chi connectivity index (χ1n) is 6.94. The maximum absolute atomic E-state index is 5.26. The summed E-state index contributed by atoms with van der Waals surface area (Å²) in [5, 5.41) is 7.41. The molecule has 1 aromatic heterocycles. The molecule has 2 rings (SSSR count). The van der Waals surface area contributed by atoms with E-state index in [9.17, 15) is 0 Å². The minimum atomic E-state index is 0.449. The van der Waals surface area contributed by atoms with Crippen molar-refractivity contribution in [1.29, 1.82) is 0 Å². The maximum Gasteiger partial charge on any atom is 0.240 e. The second-order valence-electron chi connectivity index (χ2n) is 4.71. The molecule has 108 valence electrons. The van der Waals surface area contributed by atoms with Crippen LogP contribution in [-0.4, -0.2) is 27.7 Å². The van der Waals surface area contributed by atoms with Crippen LogP contribution < -0.4 is 5.32 Å². The Morgan fingerprint density at radius 1 is 1.30 bits per heavy atom. The van der Waals surface area contributed by atoms with Gasteiger partial charge in [0.05, 0.1) is 6.54 Å². The zero-order valence-corrected chi connectivity index (χ0v) is 12.8. The van der Waals surface area contributed by atoms with Crippen LogP contribution in [-0.2, 0) is 13.0 Å². The van der Waals surface area contributed by atoms with E-state index in [1.54, 1.807) is 0 Å². The van der Waals surface area contributed by atoms with Gasteiger partial charge in [0.2, 0.25) is 5.89 Å². The summed E-state index contributed by atoms with van der Waals surface area (Å²) >= 11 is 1.93. The second-order valence-corrected chi connectivity index (χ2v) is 6.03. The van der Waals surface area contributed by atoms with Crippen LogP contribution in [0.3, 0.4) is 0 Å². The fourth-order valence-corrected chi connectivity index (χ4v) is 2.53. The van der Waals surface area contributed by atoms with Crippen molar-refractivity contribution in [3.8, 4) is 0 Å². The van der Waals surface area contributed by atoms with Crippen molar-refractivity contribution >= 4 is 11.8 Å². The molecule has 0 radical (unpaired) electrons. The first kappa shape index (κ1) is 15.1. The molecule has 1 unspecified atom stereocenters. The largest absolute Gasteiger partial charge is 0.338 e. The molecule has 20 heavy (non-hydrogen) atoms. The smallest absolute Gasteiger partial charge is 0.240 e. The van der Waals surface area contributed by atoms with Crippen LogP contribution in [0, 0.1) is 0 Å². The molecule has 2 aromatic rings. The van der Waals surface area contributed by atoms with Gasteiger partial charge in [0.1, 0.15) is 0 Å². The molecule has 0 spiro atoms. The zero-order chi connectivity index (χ0) is 14.2. The number of nitrogens with zero attached hydrogens (tertiary/aromatic N) is 2. The van der Waals surface area contributed by atoms with Crippen molar-refractivity contribution in [3.63, 3.8) is 0 Å². The molecule has 1 heterocycles. The highest BCUT2D eigenvalue weighted by molar-refractivity contribution is 7.99. The lowest BCUT2D eigenvalue weighted by Gasteiger charge is -2.10. The van der Waals surface area contributed by atoms with Gasteiger partial charge in [0.25, 0.3) is 0 Å². The van der Waals surface area contributed by atoms with Crippen LogP contribution in [0.2, 0.25) is 0 Å². The fraction of sp³-hybridized carbons (Fsp3) is 0.467. The van der Waals surface area contributed by atoms with Gasteiger partial charge in [0, 0.05) is 18.2 Å². The summed E-state index contributed by atoms with van der Waals surface area (Å²) in [7, 11) is 0.